The largest absolute Gasteiger partial charge is 0.490 e. The first kappa shape index (κ1) is 89.3. The van der Waals surface area contributed by atoms with E-state index in [0.717, 1.165) is 93.6 Å². The molecule has 2 aliphatic rings. The number of methoxy groups -OCH3 is 6. The lowest BCUT2D eigenvalue weighted by atomic mass is 9.79. The molecule has 0 spiro atoms. The second-order valence-corrected chi connectivity index (χ2v) is 29.8. The van der Waals surface area contributed by atoms with Crippen molar-refractivity contribution in [2.24, 2.45) is 11.8 Å². The maximum Gasteiger partial charge on any atom is 0.131 e. The first-order valence-corrected chi connectivity index (χ1v) is 38.1. The Balaban J connectivity index is 0.000000331. The highest BCUT2D eigenvalue weighted by molar-refractivity contribution is 5.51. The minimum Gasteiger partial charge on any atom is -0.490 e. The van der Waals surface area contributed by atoms with Gasteiger partial charge in [-0.1, -0.05) is 156 Å². The number of rotatable bonds is 36. The summed E-state index contributed by atoms with van der Waals surface area (Å²) in [4.78, 5) is 0. The zero-order chi connectivity index (χ0) is 73.9. The van der Waals surface area contributed by atoms with Crippen LogP contribution < -0.4 is 28.4 Å². The van der Waals surface area contributed by atoms with E-state index >= 15 is 0 Å². The molecule has 8 rings (SSSR count). The summed E-state index contributed by atoms with van der Waals surface area (Å²) >= 11 is 0. The lowest BCUT2D eigenvalue weighted by Gasteiger charge is -2.34. The van der Waals surface area contributed by atoms with Gasteiger partial charge in [-0.2, -0.15) is 0 Å². The molecule has 103 heavy (non-hydrogen) atoms. The van der Waals surface area contributed by atoms with Gasteiger partial charge < -0.3 is 56.8 Å². The van der Waals surface area contributed by atoms with E-state index in [1.807, 2.05) is 80.0 Å². The number of ether oxygens (including phenoxy) is 12. The summed E-state index contributed by atoms with van der Waals surface area (Å²) in [7, 11) is 10.6. The van der Waals surface area contributed by atoms with Crippen LogP contribution >= 0.6 is 0 Å². The fraction of sp³-hybridized carbons (Fsp3) is 0.604. The van der Waals surface area contributed by atoms with Crippen LogP contribution in [0.2, 0.25) is 0 Å². The van der Waals surface area contributed by atoms with Crippen molar-refractivity contribution in [1.82, 2.24) is 0 Å². The van der Waals surface area contributed by atoms with E-state index < -0.39 is 11.2 Å². The molecule has 0 aromatic heterocycles. The first-order chi connectivity index (χ1) is 48.4. The Bertz CT molecular complexity index is 3220. The van der Waals surface area contributed by atoms with E-state index in [2.05, 4.69) is 154 Å². The average Bonchev–Trinajstić information content (AvgIpc) is 0.803. The Labute approximate surface area is 626 Å². The highest BCUT2D eigenvalue weighted by Gasteiger charge is 2.35. The third-order valence-electron chi connectivity index (χ3n) is 21.8. The molecule has 0 aliphatic heterocycles. The summed E-state index contributed by atoms with van der Waals surface area (Å²) in [6.45, 7) is 37.1. The van der Waals surface area contributed by atoms with Gasteiger partial charge in [0.05, 0.1) is 35.6 Å². The smallest absolute Gasteiger partial charge is 0.131 e. The van der Waals surface area contributed by atoms with Gasteiger partial charge >= 0.3 is 0 Å². The molecule has 6 aromatic carbocycles. The van der Waals surface area contributed by atoms with Crippen molar-refractivity contribution in [3.05, 3.63) is 176 Å². The Morgan fingerprint density at radius 3 is 1.04 bits per heavy atom. The van der Waals surface area contributed by atoms with Crippen LogP contribution in [0.15, 0.2) is 109 Å². The topological polar surface area (TPSA) is 111 Å². The summed E-state index contributed by atoms with van der Waals surface area (Å²) in [5, 5.41) is 0. The molecule has 2 saturated carbocycles. The molecule has 6 unspecified atom stereocenters. The number of hydrogen-bond acceptors (Lipinski definition) is 12. The van der Waals surface area contributed by atoms with Crippen molar-refractivity contribution in [3.8, 4) is 34.5 Å². The van der Waals surface area contributed by atoms with Gasteiger partial charge in [0.2, 0.25) is 0 Å². The summed E-state index contributed by atoms with van der Waals surface area (Å²) < 4.78 is 72.5. The summed E-state index contributed by atoms with van der Waals surface area (Å²) in [5.41, 5.74) is 13.3. The van der Waals surface area contributed by atoms with Gasteiger partial charge in [0.1, 0.15) is 74.1 Å². The van der Waals surface area contributed by atoms with E-state index in [4.69, 9.17) is 56.8 Å². The molecular weight excluding hydrogens is 1280 g/mol. The fourth-order valence-corrected chi connectivity index (χ4v) is 13.8. The second kappa shape index (κ2) is 44.1. The normalized spacial score (nSPS) is 15.4. The van der Waals surface area contributed by atoms with Crippen LogP contribution in [-0.4, -0.2) is 82.3 Å². The molecule has 0 heterocycles. The molecule has 6 aromatic rings. The van der Waals surface area contributed by atoms with Gasteiger partial charge in [-0.25, -0.2) is 0 Å². The van der Waals surface area contributed by atoms with E-state index in [0.29, 0.717) is 63.3 Å². The zero-order valence-corrected chi connectivity index (χ0v) is 66.6. The van der Waals surface area contributed by atoms with Gasteiger partial charge in [-0.05, 0) is 231 Å². The molecule has 0 amide bonds. The van der Waals surface area contributed by atoms with Crippen molar-refractivity contribution in [2.75, 3.05) is 82.3 Å². The van der Waals surface area contributed by atoms with Crippen LogP contribution in [0.25, 0.3) is 0 Å². The predicted molar refractivity (Wildman–Crippen MR) is 428 cm³/mol. The molecular formula is C91H140O12. The quantitative estimate of drug-likeness (QED) is 0.0349. The third kappa shape index (κ3) is 25.5. The summed E-state index contributed by atoms with van der Waals surface area (Å²) in [6, 6.07) is 38.5. The van der Waals surface area contributed by atoms with Gasteiger partial charge in [0.25, 0.3) is 0 Å². The first-order valence-electron chi connectivity index (χ1n) is 38.1. The van der Waals surface area contributed by atoms with Crippen molar-refractivity contribution >= 4 is 0 Å². The SMILES string of the molecule is C.C.CCC(C)c1ccc(OCCOc2c(C(C)(C)OC)cc(C)cc2C(C)(C)OC)cc1.CCC(C)c1ccc(OCCOc2c(C(C)OC)cc(C)cc2C(C)OC)cc1.CCc1cc(C(OC)C2CCCCC2)c(OCCOc2ccc(C(C)(C)CC)cc2)c(C(OC)C2CCCCC2)c1. The Morgan fingerprint density at radius 2 is 0.718 bits per heavy atom. The standard InChI is InChI=1S/C37H56O4.C27H40O4.C25H36O4.2CH4/c1-7-27-25-32(34(38-5)28-15-11-9-12-16-28)36(33(26-27)35(39-6)29-17-13-10-14-18-29)41-24-23-40-31-21-19-30(20-22-31)37(3,4)8-2;1-10-20(3)21-11-13-22(14-12-21)30-15-16-31-25-23(26(4,5)28-8)17-19(2)18-24(25)27(6,7)29-9;1-8-18(3)21-9-11-22(12-10-21)28-13-14-29-25-23(19(4)26-6)15-17(2)16-24(25)20(5)27-7;;/h19-22,25-26,28-29,34-35H,7-18,23-24H2,1-6H3;11-14,17-18,20H,10,15-16H2,1-9H3;9-12,15-16,18-20H,8,13-14H2,1-7H3;2*1H4. The van der Waals surface area contributed by atoms with Crippen LogP contribution in [0.3, 0.4) is 0 Å². The molecule has 0 N–H and O–H groups in total. The average molecular weight is 1430 g/mol. The minimum atomic E-state index is -0.493. The van der Waals surface area contributed by atoms with E-state index in [1.54, 1.807) is 28.4 Å². The Morgan fingerprint density at radius 1 is 0.388 bits per heavy atom. The number of hydrogen-bond donors (Lipinski definition) is 0. The predicted octanol–water partition coefficient (Wildman–Crippen LogP) is 24.3. The molecule has 12 nitrogen and oxygen atoms in total. The zero-order valence-electron chi connectivity index (χ0n) is 66.6. The molecule has 6 atom stereocenters. The van der Waals surface area contributed by atoms with E-state index in [1.165, 1.54) is 97.6 Å². The van der Waals surface area contributed by atoms with Crippen LogP contribution in [-0.2, 0) is 51.5 Å². The molecule has 2 aliphatic carbocycles. The number of benzene rings is 6. The van der Waals surface area contributed by atoms with E-state index in [9.17, 15) is 0 Å². The second-order valence-electron chi connectivity index (χ2n) is 29.8. The molecule has 12 heteroatoms. The maximum absolute atomic E-state index is 6.75. The van der Waals surface area contributed by atoms with Crippen molar-refractivity contribution in [1.29, 1.82) is 0 Å². The van der Waals surface area contributed by atoms with Crippen LogP contribution in [0.1, 0.15) is 298 Å². The highest BCUT2D eigenvalue weighted by Crippen LogP contribution is 2.48. The number of aryl methyl sites for hydroxylation is 3. The molecule has 0 saturated heterocycles. The van der Waals surface area contributed by atoms with Gasteiger partial charge in [-0.3, -0.25) is 0 Å². The highest BCUT2D eigenvalue weighted by atomic mass is 16.5. The monoisotopic (exact) mass is 1430 g/mol. The molecule has 0 radical (unpaired) electrons. The molecule has 576 valence electrons. The third-order valence-corrected chi connectivity index (χ3v) is 21.8. The van der Waals surface area contributed by atoms with Gasteiger partial charge in [-0.15, -0.1) is 0 Å². The Hall–Kier alpha value is -6.12. The van der Waals surface area contributed by atoms with Crippen molar-refractivity contribution in [3.63, 3.8) is 0 Å². The summed E-state index contributed by atoms with van der Waals surface area (Å²) in [6.07, 6.45) is 17.0. The summed E-state index contributed by atoms with van der Waals surface area (Å²) in [5.74, 6) is 7.38. The van der Waals surface area contributed by atoms with Gasteiger partial charge in [0.15, 0.2) is 0 Å². The lowest BCUT2D eigenvalue weighted by molar-refractivity contribution is 0.00821. The lowest BCUT2D eigenvalue weighted by Crippen LogP contribution is -2.27. The Kier molecular flexibility index (Phi) is 38.2. The molecule has 0 bridgehead atoms. The van der Waals surface area contributed by atoms with Gasteiger partial charge in [0, 0.05) is 76.0 Å². The van der Waals surface area contributed by atoms with Crippen molar-refractivity contribution < 1.29 is 56.8 Å². The van der Waals surface area contributed by atoms with Crippen LogP contribution in [0.5, 0.6) is 34.5 Å². The van der Waals surface area contributed by atoms with Crippen LogP contribution in [0.4, 0.5) is 0 Å². The minimum absolute atomic E-state index is 0. The maximum atomic E-state index is 6.75. The van der Waals surface area contributed by atoms with E-state index in [-0.39, 0.29) is 44.7 Å². The van der Waals surface area contributed by atoms with Crippen molar-refractivity contribution in [2.45, 2.75) is 268 Å². The molecule has 2 fully saturated rings. The van der Waals surface area contributed by atoms with Crippen LogP contribution in [0, 0.1) is 25.7 Å². The fourth-order valence-electron chi connectivity index (χ4n) is 13.8.